The molecule has 0 aromatic carbocycles. The maximum absolute atomic E-state index is 5.86. The summed E-state index contributed by atoms with van der Waals surface area (Å²) in [6.07, 6.45) is 4.03. The highest BCUT2D eigenvalue weighted by atomic mass is 35.5. The van der Waals surface area contributed by atoms with E-state index in [1.807, 2.05) is 11.6 Å². The molecular weight excluding hydrogens is 188 g/mol. The number of nitrogens with zero attached hydrogens (tertiary/aromatic N) is 3. The van der Waals surface area contributed by atoms with Crippen LogP contribution in [0.5, 0.6) is 0 Å². The first-order valence-corrected chi connectivity index (χ1v) is 5.06. The predicted molar refractivity (Wildman–Crippen MR) is 52.0 cm³/mol. The van der Waals surface area contributed by atoms with Gasteiger partial charge in [0.1, 0.15) is 5.82 Å². The van der Waals surface area contributed by atoms with Crippen molar-refractivity contribution < 1.29 is 0 Å². The highest BCUT2D eigenvalue weighted by molar-refractivity contribution is 6.19. The first-order chi connectivity index (χ1) is 6.29. The van der Waals surface area contributed by atoms with Crippen LogP contribution in [-0.2, 0) is 6.54 Å². The number of alkyl halides is 1. The van der Waals surface area contributed by atoms with Gasteiger partial charge >= 0.3 is 0 Å². The number of aryl methyl sites for hydroxylation is 1. The van der Waals surface area contributed by atoms with Gasteiger partial charge in [-0.25, -0.2) is 4.68 Å². The van der Waals surface area contributed by atoms with Crippen molar-refractivity contribution in [2.75, 3.05) is 11.2 Å². The summed E-state index contributed by atoms with van der Waals surface area (Å²) in [5.74, 6) is 1.63. The number of halogens is 1. The Bertz CT molecular complexity index is 292. The zero-order chi connectivity index (χ0) is 9.31. The SMILES string of the molecule is CCn1nncc1NC1(CCl)CC1. The molecule has 1 aliphatic rings. The Morgan fingerprint density at radius 2 is 2.46 bits per heavy atom. The summed E-state index contributed by atoms with van der Waals surface area (Å²) < 4.78 is 1.84. The highest BCUT2D eigenvalue weighted by Gasteiger charge is 2.42. The zero-order valence-corrected chi connectivity index (χ0v) is 8.38. The van der Waals surface area contributed by atoms with E-state index in [1.165, 1.54) is 0 Å². The first-order valence-electron chi connectivity index (χ1n) is 4.52. The number of aromatic nitrogens is 3. The summed E-state index contributed by atoms with van der Waals surface area (Å²) in [7, 11) is 0. The van der Waals surface area contributed by atoms with Crippen LogP contribution in [0.1, 0.15) is 19.8 Å². The monoisotopic (exact) mass is 200 g/mol. The molecule has 0 radical (unpaired) electrons. The molecule has 2 rings (SSSR count). The van der Waals surface area contributed by atoms with Crippen LogP contribution in [0.15, 0.2) is 6.20 Å². The average Bonchev–Trinajstić information content (AvgIpc) is 2.78. The van der Waals surface area contributed by atoms with Gasteiger partial charge in [0.05, 0.1) is 11.7 Å². The fourth-order valence-electron chi connectivity index (χ4n) is 1.30. The molecule has 72 valence electrons. The van der Waals surface area contributed by atoms with E-state index in [4.69, 9.17) is 11.6 Å². The number of rotatable bonds is 4. The molecule has 0 saturated heterocycles. The van der Waals surface area contributed by atoms with Gasteiger partial charge in [-0.3, -0.25) is 0 Å². The van der Waals surface area contributed by atoms with Gasteiger partial charge < -0.3 is 5.32 Å². The van der Waals surface area contributed by atoms with Crippen LogP contribution in [0.4, 0.5) is 5.82 Å². The standard InChI is InChI=1S/C8H13ClN4/c1-2-13-7(5-10-12-13)11-8(6-9)3-4-8/h5,11H,2-4,6H2,1H3. The van der Waals surface area contributed by atoms with E-state index in [2.05, 4.69) is 15.6 Å². The molecule has 1 aliphatic carbocycles. The number of nitrogens with one attached hydrogen (secondary N) is 1. The molecule has 1 aromatic heterocycles. The topological polar surface area (TPSA) is 42.7 Å². The lowest BCUT2D eigenvalue weighted by Gasteiger charge is -2.14. The molecule has 1 fully saturated rings. The van der Waals surface area contributed by atoms with Crippen LogP contribution in [0.3, 0.4) is 0 Å². The van der Waals surface area contributed by atoms with Crippen molar-refractivity contribution in [1.29, 1.82) is 0 Å². The first kappa shape index (κ1) is 8.81. The Morgan fingerprint density at radius 1 is 1.69 bits per heavy atom. The lowest BCUT2D eigenvalue weighted by molar-refractivity contribution is 0.624. The quantitative estimate of drug-likeness (QED) is 0.749. The molecule has 0 amide bonds. The van der Waals surface area contributed by atoms with E-state index in [0.717, 1.165) is 25.2 Å². The van der Waals surface area contributed by atoms with E-state index in [0.29, 0.717) is 5.88 Å². The third-order valence-electron chi connectivity index (χ3n) is 2.42. The Hall–Kier alpha value is -0.770. The van der Waals surface area contributed by atoms with E-state index < -0.39 is 0 Å². The van der Waals surface area contributed by atoms with Gasteiger partial charge in [0.15, 0.2) is 0 Å². The summed E-state index contributed by atoms with van der Waals surface area (Å²) in [5.41, 5.74) is 0.121. The molecule has 0 spiro atoms. The second-order valence-corrected chi connectivity index (χ2v) is 3.74. The van der Waals surface area contributed by atoms with E-state index in [-0.39, 0.29) is 5.54 Å². The average molecular weight is 201 g/mol. The van der Waals surface area contributed by atoms with Crippen molar-refractivity contribution in [3.63, 3.8) is 0 Å². The van der Waals surface area contributed by atoms with Crippen molar-refractivity contribution in [3.05, 3.63) is 6.20 Å². The van der Waals surface area contributed by atoms with Crippen LogP contribution in [-0.4, -0.2) is 26.4 Å². The fraction of sp³-hybridized carbons (Fsp3) is 0.750. The maximum atomic E-state index is 5.86. The molecule has 0 aliphatic heterocycles. The van der Waals surface area contributed by atoms with Crippen molar-refractivity contribution in [2.45, 2.75) is 31.8 Å². The van der Waals surface area contributed by atoms with E-state index in [1.54, 1.807) is 6.20 Å². The molecule has 0 unspecified atom stereocenters. The van der Waals surface area contributed by atoms with Crippen molar-refractivity contribution in [2.24, 2.45) is 0 Å². The lowest BCUT2D eigenvalue weighted by Crippen LogP contribution is -2.24. The summed E-state index contributed by atoms with van der Waals surface area (Å²) in [6.45, 7) is 2.88. The van der Waals surface area contributed by atoms with Crippen LogP contribution in [0.25, 0.3) is 0 Å². The molecular formula is C8H13ClN4. The maximum Gasteiger partial charge on any atom is 0.145 e. The van der Waals surface area contributed by atoms with Gasteiger partial charge in [-0.2, -0.15) is 0 Å². The summed E-state index contributed by atoms with van der Waals surface area (Å²) in [5, 5.41) is 11.2. The van der Waals surface area contributed by atoms with Crippen molar-refractivity contribution >= 4 is 17.4 Å². The van der Waals surface area contributed by atoms with Crippen LogP contribution in [0, 0.1) is 0 Å². The highest BCUT2D eigenvalue weighted by Crippen LogP contribution is 2.39. The second kappa shape index (κ2) is 3.18. The minimum atomic E-state index is 0.121. The largest absolute Gasteiger partial charge is 0.362 e. The van der Waals surface area contributed by atoms with E-state index >= 15 is 0 Å². The smallest absolute Gasteiger partial charge is 0.145 e. The second-order valence-electron chi connectivity index (χ2n) is 3.47. The van der Waals surface area contributed by atoms with Gasteiger partial charge in [0, 0.05) is 12.4 Å². The third-order valence-corrected chi connectivity index (χ3v) is 2.93. The van der Waals surface area contributed by atoms with Crippen LogP contribution >= 0.6 is 11.6 Å². The molecule has 5 heteroatoms. The summed E-state index contributed by atoms with van der Waals surface area (Å²) >= 11 is 5.86. The number of hydrogen-bond acceptors (Lipinski definition) is 3. The zero-order valence-electron chi connectivity index (χ0n) is 7.63. The van der Waals surface area contributed by atoms with E-state index in [9.17, 15) is 0 Å². The predicted octanol–water partition coefficient (Wildman–Crippen LogP) is 1.48. The van der Waals surface area contributed by atoms with Gasteiger partial charge in [-0.15, -0.1) is 16.7 Å². The van der Waals surface area contributed by atoms with Crippen LogP contribution < -0.4 is 5.32 Å². The number of anilines is 1. The normalized spacial score (nSPS) is 18.6. The Balaban J connectivity index is 2.09. The summed E-state index contributed by atoms with van der Waals surface area (Å²) in [4.78, 5) is 0. The van der Waals surface area contributed by atoms with Gasteiger partial charge in [-0.1, -0.05) is 5.21 Å². The molecule has 1 heterocycles. The number of hydrogen-bond donors (Lipinski definition) is 1. The minimum Gasteiger partial charge on any atom is -0.362 e. The molecule has 0 atom stereocenters. The molecule has 0 bridgehead atoms. The molecule has 1 aromatic rings. The molecule has 1 saturated carbocycles. The molecule has 13 heavy (non-hydrogen) atoms. The Kier molecular flexibility index (Phi) is 2.15. The molecule has 4 nitrogen and oxygen atoms in total. The van der Waals surface area contributed by atoms with Crippen molar-refractivity contribution in [1.82, 2.24) is 15.0 Å². The van der Waals surface area contributed by atoms with Gasteiger partial charge in [0.25, 0.3) is 0 Å². The Morgan fingerprint density at radius 3 is 3.00 bits per heavy atom. The fourth-order valence-corrected chi connectivity index (χ4v) is 1.64. The van der Waals surface area contributed by atoms with Gasteiger partial charge in [0.2, 0.25) is 0 Å². The third kappa shape index (κ3) is 1.63. The molecule has 1 N–H and O–H groups in total. The lowest BCUT2D eigenvalue weighted by atomic mass is 10.3. The Labute approximate surface area is 82.3 Å². The summed E-state index contributed by atoms with van der Waals surface area (Å²) in [6, 6.07) is 0. The minimum absolute atomic E-state index is 0.121. The van der Waals surface area contributed by atoms with Crippen molar-refractivity contribution in [3.8, 4) is 0 Å². The van der Waals surface area contributed by atoms with Gasteiger partial charge in [-0.05, 0) is 19.8 Å². The van der Waals surface area contributed by atoms with Crippen LogP contribution in [0.2, 0.25) is 0 Å².